The highest BCUT2D eigenvalue weighted by Gasteiger charge is 2.52. The number of hydrogen-bond acceptors (Lipinski definition) is 5. The Bertz CT molecular complexity index is 1280. The largest absolute Gasteiger partial charge is 0.481 e. The number of amides is 2. The monoisotopic (exact) mass is 572 g/mol. The van der Waals surface area contributed by atoms with Crippen molar-refractivity contribution in [3.63, 3.8) is 0 Å². The van der Waals surface area contributed by atoms with E-state index >= 15 is 0 Å². The molecule has 1 aromatic carbocycles. The van der Waals surface area contributed by atoms with Crippen molar-refractivity contribution in [3.05, 3.63) is 63.4 Å². The summed E-state index contributed by atoms with van der Waals surface area (Å²) in [5.74, 6) is -1.07. The molecular weight excluding hydrogens is 539 g/mol. The van der Waals surface area contributed by atoms with Gasteiger partial charge in [0.1, 0.15) is 11.4 Å². The molecule has 0 radical (unpaired) electrons. The number of aliphatic imine (C=N–C) groups is 1. The lowest BCUT2D eigenvalue weighted by Gasteiger charge is -2.46. The molecule has 1 saturated carbocycles. The maximum atomic E-state index is 14.0. The number of halogens is 2. The number of carbonyl (C=O) groups excluding carboxylic acids is 2. The predicted octanol–water partition coefficient (Wildman–Crippen LogP) is 5.92. The summed E-state index contributed by atoms with van der Waals surface area (Å²) in [7, 11) is 0. The molecule has 2 heterocycles. The van der Waals surface area contributed by atoms with Gasteiger partial charge >= 0.3 is 5.97 Å². The Balaban J connectivity index is 1.63. The Morgan fingerprint density at radius 3 is 2.33 bits per heavy atom. The lowest BCUT2D eigenvalue weighted by atomic mass is 9.69. The van der Waals surface area contributed by atoms with Crippen LogP contribution in [-0.2, 0) is 9.59 Å². The van der Waals surface area contributed by atoms with E-state index in [1.807, 2.05) is 11.8 Å². The Kier molecular flexibility index (Phi) is 8.38. The van der Waals surface area contributed by atoms with Crippen LogP contribution in [0.25, 0.3) is 0 Å². The van der Waals surface area contributed by atoms with Gasteiger partial charge in [-0.05, 0) is 74.3 Å². The number of pyridine rings is 1. The third-order valence-corrected chi connectivity index (χ3v) is 8.26. The minimum absolute atomic E-state index is 0.0281. The molecule has 2 amide bonds. The summed E-state index contributed by atoms with van der Waals surface area (Å²) < 4.78 is 0. The molecular formula is C29H34Cl2N4O4. The van der Waals surface area contributed by atoms with Crippen molar-refractivity contribution >= 4 is 46.7 Å². The molecule has 4 rings (SSSR count). The quantitative estimate of drug-likeness (QED) is 0.427. The summed E-state index contributed by atoms with van der Waals surface area (Å²) in [6.45, 7) is 8.71. The molecule has 1 fully saturated rings. The molecule has 1 aromatic heterocycles. The fourth-order valence-electron chi connectivity index (χ4n) is 5.63. The van der Waals surface area contributed by atoms with Gasteiger partial charge in [0.15, 0.2) is 0 Å². The van der Waals surface area contributed by atoms with Crippen LogP contribution in [0.5, 0.6) is 0 Å². The molecule has 2 N–H and O–H groups in total. The number of carboxylic acid groups (broad SMARTS) is 1. The average Bonchev–Trinajstić information content (AvgIpc) is 3.13. The molecule has 1 aliphatic carbocycles. The van der Waals surface area contributed by atoms with Crippen LogP contribution in [0.2, 0.25) is 10.0 Å². The maximum absolute atomic E-state index is 14.0. The van der Waals surface area contributed by atoms with Gasteiger partial charge in [0, 0.05) is 28.4 Å². The van der Waals surface area contributed by atoms with E-state index in [0.717, 1.165) is 25.7 Å². The van der Waals surface area contributed by atoms with Gasteiger partial charge in [0.25, 0.3) is 11.8 Å². The summed E-state index contributed by atoms with van der Waals surface area (Å²) in [5.41, 5.74) is 1.33. The molecule has 2 aromatic rings. The molecule has 2 aliphatic rings. The van der Waals surface area contributed by atoms with Crippen LogP contribution in [-0.4, -0.2) is 50.7 Å². The first-order chi connectivity index (χ1) is 18.3. The highest BCUT2D eigenvalue weighted by Crippen LogP contribution is 2.49. The second-order valence-corrected chi connectivity index (χ2v) is 12.3. The normalized spacial score (nSPS) is 22.1. The zero-order valence-electron chi connectivity index (χ0n) is 22.6. The van der Waals surface area contributed by atoms with Gasteiger partial charge in [-0.15, -0.1) is 0 Å². The Hall–Kier alpha value is -2.97. The first-order valence-corrected chi connectivity index (χ1v) is 13.9. The van der Waals surface area contributed by atoms with Crippen molar-refractivity contribution in [1.82, 2.24) is 15.2 Å². The minimum Gasteiger partial charge on any atom is -0.481 e. The van der Waals surface area contributed by atoms with Crippen molar-refractivity contribution < 1.29 is 19.5 Å². The molecule has 10 heteroatoms. The van der Waals surface area contributed by atoms with Crippen LogP contribution in [0, 0.1) is 11.3 Å². The molecule has 8 nitrogen and oxygen atoms in total. The Morgan fingerprint density at radius 2 is 1.79 bits per heavy atom. The third-order valence-electron chi connectivity index (χ3n) is 7.83. The molecule has 39 heavy (non-hydrogen) atoms. The van der Waals surface area contributed by atoms with E-state index in [0.29, 0.717) is 38.5 Å². The third kappa shape index (κ3) is 6.28. The van der Waals surface area contributed by atoms with Gasteiger partial charge in [-0.3, -0.25) is 24.4 Å². The second kappa shape index (κ2) is 11.3. The first kappa shape index (κ1) is 29.0. The van der Waals surface area contributed by atoms with Gasteiger partial charge < -0.3 is 15.3 Å². The van der Waals surface area contributed by atoms with E-state index in [1.165, 1.54) is 6.20 Å². The summed E-state index contributed by atoms with van der Waals surface area (Å²) >= 11 is 12.5. The van der Waals surface area contributed by atoms with Crippen LogP contribution in [0.4, 0.5) is 0 Å². The molecule has 1 spiro atoms. The van der Waals surface area contributed by atoms with Gasteiger partial charge in [0.2, 0.25) is 0 Å². The van der Waals surface area contributed by atoms with Crippen molar-refractivity contribution in [2.24, 2.45) is 16.3 Å². The van der Waals surface area contributed by atoms with Gasteiger partial charge in [-0.2, -0.15) is 0 Å². The van der Waals surface area contributed by atoms with E-state index in [-0.39, 0.29) is 24.3 Å². The van der Waals surface area contributed by atoms with E-state index in [1.54, 1.807) is 30.3 Å². The minimum atomic E-state index is -0.986. The maximum Gasteiger partial charge on any atom is 0.305 e. The topological polar surface area (TPSA) is 112 Å². The zero-order valence-corrected chi connectivity index (χ0v) is 24.1. The average molecular weight is 574 g/mol. The highest BCUT2D eigenvalue weighted by molar-refractivity contribution is 6.47. The SMILES string of the molecule is C[C@@H](c1ccc(C(=O)NCCC(=O)O)cn1)N1C(=O)C(c2cc(Cl)cc(Cl)c2)=NC12CCC(C(C)(C)C)CC2. The zero-order chi connectivity index (χ0) is 28.5. The molecule has 208 valence electrons. The first-order valence-electron chi connectivity index (χ1n) is 13.2. The molecule has 0 unspecified atom stereocenters. The number of benzene rings is 1. The van der Waals surface area contributed by atoms with Crippen LogP contribution >= 0.6 is 23.2 Å². The summed E-state index contributed by atoms with van der Waals surface area (Å²) in [6, 6.07) is 8.00. The fraction of sp³-hybridized carbons (Fsp3) is 0.483. The molecule has 1 atom stereocenters. The lowest BCUT2D eigenvalue weighted by Crippen LogP contribution is -2.51. The number of nitrogens with zero attached hydrogens (tertiary/aromatic N) is 3. The van der Waals surface area contributed by atoms with Crippen molar-refractivity contribution in [3.8, 4) is 0 Å². The van der Waals surface area contributed by atoms with Crippen LogP contribution < -0.4 is 5.32 Å². The smallest absolute Gasteiger partial charge is 0.305 e. The summed E-state index contributed by atoms with van der Waals surface area (Å²) in [5, 5.41) is 12.2. The predicted molar refractivity (Wildman–Crippen MR) is 151 cm³/mol. The number of carboxylic acids is 1. The fourth-order valence-corrected chi connectivity index (χ4v) is 6.16. The van der Waals surface area contributed by atoms with Crippen molar-refractivity contribution in [2.75, 3.05) is 6.54 Å². The van der Waals surface area contributed by atoms with E-state index in [9.17, 15) is 14.4 Å². The number of hydrogen-bond donors (Lipinski definition) is 2. The van der Waals surface area contributed by atoms with Crippen LogP contribution in [0.3, 0.4) is 0 Å². The summed E-state index contributed by atoms with van der Waals surface area (Å²) in [4.78, 5) is 48.5. The second-order valence-electron chi connectivity index (χ2n) is 11.5. The number of aliphatic carboxylic acids is 1. The van der Waals surface area contributed by atoms with Crippen molar-refractivity contribution in [2.45, 2.75) is 71.5 Å². The van der Waals surface area contributed by atoms with Gasteiger partial charge in [-0.1, -0.05) is 44.0 Å². The van der Waals surface area contributed by atoms with Crippen LogP contribution in [0.1, 0.15) is 87.5 Å². The lowest BCUT2D eigenvalue weighted by molar-refractivity contribution is -0.137. The number of nitrogens with one attached hydrogen (secondary N) is 1. The van der Waals surface area contributed by atoms with Crippen LogP contribution in [0.15, 0.2) is 41.5 Å². The number of aromatic nitrogens is 1. The molecule has 1 aliphatic heterocycles. The van der Waals surface area contributed by atoms with E-state index in [2.05, 4.69) is 31.1 Å². The summed E-state index contributed by atoms with van der Waals surface area (Å²) in [6.07, 6.45) is 4.62. The van der Waals surface area contributed by atoms with E-state index in [4.69, 9.17) is 33.3 Å². The number of carbonyl (C=O) groups is 3. The highest BCUT2D eigenvalue weighted by atomic mass is 35.5. The van der Waals surface area contributed by atoms with E-state index < -0.39 is 23.6 Å². The Morgan fingerprint density at radius 1 is 1.15 bits per heavy atom. The standard InChI is InChI=1S/C29H34Cl2N4O4/c1-17(23-6-5-18(16-33-23)26(38)32-12-9-24(36)37)35-27(39)25(19-13-21(30)15-22(31)14-19)34-29(35)10-7-20(8-11-29)28(2,3)4/h5-6,13-17,20H,7-12H2,1-4H3,(H,32,38)(H,36,37)/t17-,20?,29?/m0/s1. The van der Waals surface area contributed by atoms with Gasteiger partial charge in [0.05, 0.1) is 23.7 Å². The van der Waals surface area contributed by atoms with Gasteiger partial charge in [-0.25, -0.2) is 0 Å². The Labute approximate surface area is 238 Å². The number of rotatable bonds is 7. The molecule has 0 saturated heterocycles. The van der Waals surface area contributed by atoms with Crippen molar-refractivity contribution in [1.29, 1.82) is 0 Å². The molecule has 0 bridgehead atoms.